The van der Waals surface area contributed by atoms with Gasteiger partial charge in [0.15, 0.2) is 5.96 Å². The Hall–Kier alpha value is -4.72. The van der Waals surface area contributed by atoms with E-state index in [1.807, 2.05) is 18.2 Å². The summed E-state index contributed by atoms with van der Waals surface area (Å²) in [7, 11) is 0. The summed E-state index contributed by atoms with van der Waals surface area (Å²) in [6.07, 6.45) is 3.65. The lowest BCUT2D eigenvalue weighted by atomic mass is 9.94. The highest BCUT2D eigenvalue weighted by Gasteiger charge is 2.36. The second kappa shape index (κ2) is 15.2. The van der Waals surface area contributed by atoms with Gasteiger partial charge in [0.2, 0.25) is 5.91 Å². The molecule has 1 aliphatic heterocycles. The van der Waals surface area contributed by atoms with Crippen LogP contribution in [-0.4, -0.2) is 66.0 Å². The second-order valence-electron chi connectivity index (χ2n) is 13.0. The Balaban J connectivity index is 1.22. The molecular formula is C40H46N6O. The van der Waals surface area contributed by atoms with Crippen molar-refractivity contribution in [1.82, 2.24) is 9.80 Å². The normalized spacial score (nSPS) is 17.5. The van der Waals surface area contributed by atoms with E-state index in [-0.39, 0.29) is 30.0 Å². The summed E-state index contributed by atoms with van der Waals surface area (Å²) in [5, 5.41) is 4.80. The van der Waals surface area contributed by atoms with E-state index >= 15 is 0 Å². The van der Waals surface area contributed by atoms with Gasteiger partial charge < -0.3 is 22.1 Å². The highest BCUT2D eigenvalue weighted by molar-refractivity contribution is 5.86. The Morgan fingerprint density at radius 3 is 2.02 bits per heavy atom. The molecule has 1 heterocycles. The number of piperazine rings is 1. The third kappa shape index (κ3) is 8.56. The van der Waals surface area contributed by atoms with Gasteiger partial charge in [0.25, 0.3) is 0 Å². The van der Waals surface area contributed by atoms with E-state index in [1.54, 1.807) is 0 Å². The fourth-order valence-corrected chi connectivity index (χ4v) is 7.07. The number of carbonyl (C=O) groups excluding carboxylic acids is 1. The van der Waals surface area contributed by atoms with Crippen molar-refractivity contribution in [2.75, 3.05) is 26.2 Å². The van der Waals surface area contributed by atoms with Crippen molar-refractivity contribution in [3.05, 3.63) is 132 Å². The molecule has 5 aromatic carbocycles. The van der Waals surface area contributed by atoms with Crippen molar-refractivity contribution in [2.45, 2.75) is 50.2 Å². The van der Waals surface area contributed by atoms with Gasteiger partial charge in [-0.1, -0.05) is 115 Å². The molecule has 3 unspecified atom stereocenters. The molecule has 0 aromatic heterocycles. The standard InChI is InChI=1S/C40H46N6O/c41-36(23-30-16-18-32-11-4-6-13-34(32)21-30)26-45-27-38(24-29-9-2-1-3-10-29)46(28-37(45)15-8-20-44-40(42)43)39(47)25-31-17-19-33-12-5-7-14-35(33)22-31/h1-7,9-14,16-19,21-22,36-38H,8,15,20,23-28,41H2,(H4,42,43,44). The van der Waals surface area contributed by atoms with Gasteiger partial charge in [0, 0.05) is 44.3 Å². The largest absolute Gasteiger partial charge is 0.370 e. The number of hydrogen-bond acceptors (Lipinski definition) is 4. The number of aliphatic imine (C=N–C) groups is 1. The average molecular weight is 627 g/mol. The van der Waals surface area contributed by atoms with Gasteiger partial charge >= 0.3 is 0 Å². The predicted octanol–water partition coefficient (Wildman–Crippen LogP) is 5.28. The van der Waals surface area contributed by atoms with Crippen LogP contribution < -0.4 is 17.2 Å². The maximum Gasteiger partial charge on any atom is 0.227 e. The van der Waals surface area contributed by atoms with Crippen LogP contribution in [0.1, 0.15) is 29.5 Å². The molecule has 6 rings (SSSR count). The summed E-state index contributed by atoms with van der Waals surface area (Å²) in [5.74, 6) is 0.272. The van der Waals surface area contributed by atoms with Crippen LogP contribution in [0.3, 0.4) is 0 Å². The maximum absolute atomic E-state index is 14.2. The van der Waals surface area contributed by atoms with Crippen molar-refractivity contribution in [3.63, 3.8) is 0 Å². The molecule has 242 valence electrons. The van der Waals surface area contributed by atoms with Crippen LogP contribution in [0.5, 0.6) is 0 Å². The van der Waals surface area contributed by atoms with E-state index in [4.69, 9.17) is 17.2 Å². The fraction of sp³-hybridized carbons (Fsp3) is 0.300. The first-order valence-corrected chi connectivity index (χ1v) is 16.7. The number of hydrogen-bond donors (Lipinski definition) is 3. The van der Waals surface area contributed by atoms with E-state index in [0.29, 0.717) is 19.5 Å². The number of benzene rings is 5. The molecule has 0 saturated carbocycles. The molecule has 1 fully saturated rings. The number of nitrogens with two attached hydrogens (primary N) is 3. The van der Waals surface area contributed by atoms with Crippen LogP contribution in [-0.2, 0) is 24.1 Å². The molecule has 5 aromatic rings. The number of nitrogens with zero attached hydrogens (tertiary/aromatic N) is 3. The first kappa shape index (κ1) is 32.2. The van der Waals surface area contributed by atoms with E-state index in [1.165, 1.54) is 27.3 Å². The van der Waals surface area contributed by atoms with Crippen LogP contribution >= 0.6 is 0 Å². The quantitative estimate of drug-likeness (QED) is 0.0991. The zero-order valence-electron chi connectivity index (χ0n) is 27.0. The minimum atomic E-state index is -0.0476. The summed E-state index contributed by atoms with van der Waals surface area (Å²) >= 11 is 0. The number of fused-ring (bicyclic) bond motifs is 2. The summed E-state index contributed by atoms with van der Waals surface area (Å²) in [4.78, 5) is 23.1. The van der Waals surface area contributed by atoms with Crippen LogP contribution in [0.2, 0.25) is 0 Å². The van der Waals surface area contributed by atoms with Crippen LogP contribution in [0.25, 0.3) is 21.5 Å². The third-order valence-corrected chi connectivity index (χ3v) is 9.38. The summed E-state index contributed by atoms with van der Waals surface area (Å²) in [6, 6.07) is 40.3. The Kier molecular flexibility index (Phi) is 10.5. The molecule has 1 aliphatic rings. The fourth-order valence-electron chi connectivity index (χ4n) is 7.07. The third-order valence-electron chi connectivity index (χ3n) is 9.38. The Labute approximate surface area is 278 Å². The Morgan fingerprint density at radius 2 is 1.34 bits per heavy atom. The monoisotopic (exact) mass is 626 g/mol. The zero-order chi connectivity index (χ0) is 32.6. The zero-order valence-corrected chi connectivity index (χ0v) is 27.0. The highest BCUT2D eigenvalue weighted by Crippen LogP contribution is 2.25. The minimum Gasteiger partial charge on any atom is -0.370 e. The molecule has 7 heteroatoms. The number of carbonyl (C=O) groups is 1. The number of guanidine groups is 1. The highest BCUT2D eigenvalue weighted by atomic mass is 16.2. The molecule has 0 spiro atoms. The van der Waals surface area contributed by atoms with Crippen molar-refractivity contribution in [1.29, 1.82) is 0 Å². The van der Waals surface area contributed by atoms with Gasteiger partial charge in [-0.3, -0.25) is 14.7 Å². The molecule has 0 aliphatic carbocycles. The van der Waals surface area contributed by atoms with Crippen molar-refractivity contribution in [2.24, 2.45) is 22.2 Å². The topological polar surface area (TPSA) is 114 Å². The molecule has 0 bridgehead atoms. The summed E-state index contributed by atoms with van der Waals surface area (Å²) in [5.41, 5.74) is 21.7. The van der Waals surface area contributed by atoms with Crippen LogP contribution in [0.15, 0.2) is 120 Å². The smallest absolute Gasteiger partial charge is 0.227 e. The molecule has 1 saturated heterocycles. The van der Waals surface area contributed by atoms with Gasteiger partial charge in [-0.05, 0) is 63.9 Å². The number of amides is 1. The van der Waals surface area contributed by atoms with Gasteiger partial charge in [0.1, 0.15) is 0 Å². The molecule has 7 nitrogen and oxygen atoms in total. The van der Waals surface area contributed by atoms with Gasteiger partial charge in [-0.2, -0.15) is 0 Å². The maximum atomic E-state index is 14.2. The van der Waals surface area contributed by atoms with Crippen molar-refractivity contribution in [3.8, 4) is 0 Å². The summed E-state index contributed by atoms with van der Waals surface area (Å²) in [6.45, 7) is 2.72. The molecule has 6 N–H and O–H groups in total. The SMILES string of the molecule is NC(N)=NCCCC1CN(C(=O)Cc2ccc3ccccc3c2)C(Cc2ccccc2)CN1CC(N)Cc1ccc2ccccc2c1. The lowest BCUT2D eigenvalue weighted by Crippen LogP contribution is -2.62. The van der Waals surface area contributed by atoms with E-state index < -0.39 is 0 Å². The minimum absolute atomic E-state index is 0.0344. The molecule has 47 heavy (non-hydrogen) atoms. The summed E-state index contributed by atoms with van der Waals surface area (Å²) < 4.78 is 0. The molecule has 1 amide bonds. The molecule has 0 radical (unpaired) electrons. The van der Waals surface area contributed by atoms with Gasteiger partial charge in [0.05, 0.1) is 6.42 Å². The average Bonchev–Trinajstić information content (AvgIpc) is 3.07. The van der Waals surface area contributed by atoms with Gasteiger partial charge in [-0.25, -0.2) is 0 Å². The lowest BCUT2D eigenvalue weighted by Gasteiger charge is -2.47. The number of rotatable bonds is 12. The van der Waals surface area contributed by atoms with E-state index in [2.05, 4.69) is 112 Å². The Bertz CT molecular complexity index is 1820. The first-order valence-electron chi connectivity index (χ1n) is 16.7. The van der Waals surface area contributed by atoms with E-state index in [9.17, 15) is 4.79 Å². The Morgan fingerprint density at radius 1 is 0.723 bits per heavy atom. The molecule has 3 atom stereocenters. The predicted molar refractivity (Wildman–Crippen MR) is 194 cm³/mol. The van der Waals surface area contributed by atoms with Crippen LogP contribution in [0.4, 0.5) is 0 Å². The first-order chi connectivity index (χ1) is 22.9. The van der Waals surface area contributed by atoms with Crippen molar-refractivity contribution >= 4 is 33.4 Å². The second-order valence-corrected chi connectivity index (χ2v) is 13.0. The van der Waals surface area contributed by atoms with Gasteiger partial charge in [-0.15, -0.1) is 0 Å². The van der Waals surface area contributed by atoms with Crippen molar-refractivity contribution < 1.29 is 4.79 Å². The molecular weight excluding hydrogens is 580 g/mol. The van der Waals surface area contributed by atoms with E-state index in [0.717, 1.165) is 49.7 Å². The lowest BCUT2D eigenvalue weighted by molar-refractivity contribution is -0.137. The van der Waals surface area contributed by atoms with Crippen LogP contribution in [0, 0.1) is 0 Å².